The third-order valence-corrected chi connectivity index (χ3v) is 3.83. The zero-order valence-corrected chi connectivity index (χ0v) is 11.7. The minimum absolute atomic E-state index is 0.191. The summed E-state index contributed by atoms with van der Waals surface area (Å²) in [4.78, 5) is 0. The van der Waals surface area contributed by atoms with Crippen LogP contribution in [0, 0.1) is 0 Å². The molecule has 0 unspecified atom stereocenters. The van der Waals surface area contributed by atoms with Crippen LogP contribution in [0.4, 0.5) is 0 Å². The number of unbranched alkanes of at least 4 members (excludes halogenated alkanes) is 2. The molecule has 0 bridgehead atoms. The predicted molar refractivity (Wildman–Crippen MR) is 77.6 cm³/mol. The fourth-order valence-electron chi connectivity index (χ4n) is 2.74. The summed E-state index contributed by atoms with van der Waals surface area (Å²) in [6.45, 7) is 6.29. The van der Waals surface area contributed by atoms with Crippen LogP contribution in [0.1, 0.15) is 43.7 Å². The molecule has 3 nitrogen and oxygen atoms in total. The number of allylic oxidation sites excluding steroid dienone is 3. The fourth-order valence-corrected chi connectivity index (χ4v) is 2.74. The van der Waals surface area contributed by atoms with Crippen LogP contribution in [0.25, 0.3) is 0 Å². The second-order valence-corrected chi connectivity index (χ2v) is 5.20. The van der Waals surface area contributed by atoms with Gasteiger partial charge in [-0.15, -0.1) is 6.58 Å². The first-order chi connectivity index (χ1) is 9.19. The Morgan fingerprint density at radius 1 is 1.26 bits per heavy atom. The molecule has 0 radical (unpaired) electrons. The molecule has 0 aliphatic heterocycles. The Morgan fingerprint density at radius 3 is 2.68 bits per heavy atom. The van der Waals surface area contributed by atoms with Gasteiger partial charge in [0.05, 0.1) is 0 Å². The van der Waals surface area contributed by atoms with Crippen LogP contribution in [0.15, 0.2) is 24.3 Å². The Kier molecular flexibility index (Phi) is 4.35. The van der Waals surface area contributed by atoms with E-state index in [2.05, 4.69) is 19.6 Å². The lowest BCUT2D eigenvalue weighted by Crippen LogP contribution is -2.01. The molecule has 1 aliphatic rings. The number of nitrogens with zero attached hydrogens (tertiary/aromatic N) is 1. The number of aromatic hydroxyl groups is 2. The first kappa shape index (κ1) is 13.8. The van der Waals surface area contributed by atoms with Crippen LogP contribution in [-0.4, -0.2) is 14.8 Å². The lowest BCUT2D eigenvalue weighted by atomic mass is 9.91. The SMILES string of the molecule is C=CCn1c(O)c2c(c1O)CC(CCCCC)=CC2. The van der Waals surface area contributed by atoms with Gasteiger partial charge in [-0.2, -0.15) is 0 Å². The molecule has 0 saturated carbocycles. The topological polar surface area (TPSA) is 45.4 Å². The van der Waals surface area contributed by atoms with E-state index in [1.165, 1.54) is 29.4 Å². The second kappa shape index (κ2) is 6.00. The van der Waals surface area contributed by atoms with E-state index in [9.17, 15) is 10.2 Å². The van der Waals surface area contributed by atoms with E-state index >= 15 is 0 Å². The summed E-state index contributed by atoms with van der Waals surface area (Å²) in [6, 6.07) is 0. The number of aromatic nitrogens is 1. The van der Waals surface area contributed by atoms with Crippen LogP contribution >= 0.6 is 0 Å². The van der Waals surface area contributed by atoms with E-state index in [0.29, 0.717) is 6.54 Å². The van der Waals surface area contributed by atoms with E-state index in [-0.39, 0.29) is 11.8 Å². The first-order valence-corrected chi connectivity index (χ1v) is 7.10. The highest BCUT2D eigenvalue weighted by Gasteiger charge is 2.24. The second-order valence-electron chi connectivity index (χ2n) is 5.20. The van der Waals surface area contributed by atoms with E-state index < -0.39 is 0 Å². The molecule has 0 fully saturated rings. The van der Waals surface area contributed by atoms with Gasteiger partial charge in [-0.3, -0.25) is 4.57 Å². The number of hydrogen-bond acceptors (Lipinski definition) is 2. The number of rotatable bonds is 6. The minimum atomic E-state index is 0.191. The molecule has 0 aromatic carbocycles. The Hall–Kier alpha value is -1.64. The van der Waals surface area contributed by atoms with Crippen molar-refractivity contribution in [3.8, 4) is 11.8 Å². The summed E-state index contributed by atoms with van der Waals surface area (Å²) >= 11 is 0. The highest BCUT2D eigenvalue weighted by molar-refractivity contribution is 5.50. The number of fused-ring (bicyclic) bond motifs is 1. The summed E-state index contributed by atoms with van der Waals surface area (Å²) < 4.78 is 1.53. The van der Waals surface area contributed by atoms with Crippen molar-refractivity contribution >= 4 is 0 Å². The molecular weight excluding hydrogens is 238 g/mol. The van der Waals surface area contributed by atoms with Crippen molar-refractivity contribution in [1.82, 2.24) is 4.57 Å². The molecule has 0 spiro atoms. The highest BCUT2D eigenvalue weighted by Crippen LogP contribution is 2.39. The lowest BCUT2D eigenvalue weighted by Gasteiger charge is -2.13. The molecule has 1 aliphatic carbocycles. The molecule has 1 aromatic rings. The Balaban J connectivity index is 2.15. The van der Waals surface area contributed by atoms with E-state index in [1.807, 2.05) is 0 Å². The molecule has 1 aromatic heterocycles. The fraction of sp³-hybridized carbons (Fsp3) is 0.500. The summed E-state index contributed by atoms with van der Waals surface area (Å²) in [7, 11) is 0. The summed E-state index contributed by atoms with van der Waals surface area (Å²) in [5.74, 6) is 0.393. The Bertz CT molecular complexity index is 497. The molecular formula is C16H23NO2. The Morgan fingerprint density at radius 2 is 2.00 bits per heavy atom. The zero-order chi connectivity index (χ0) is 13.8. The van der Waals surface area contributed by atoms with Crippen molar-refractivity contribution in [2.24, 2.45) is 0 Å². The van der Waals surface area contributed by atoms with Crippen LogP contribution in [-0.2, 0) is 19.4 Å². The monoisotopic (exact) mass is 261 g/mol. The van der Waals surface area contributed by atoms with Crippen LogP contribution in [0.2, 0.25) is 0 Å². The molecule has 1 heterocycles. The van der Waals surface area contributed by atoms with Gasteiger partial charge < -0.3 is 10.2 Å². The largest absolute Gasteiger partial charge is 0.494 e. The van der Waals surface area contributed by atoms with Gasteiger partial charge in [-0.25, -0.2) is 0 Å². The molecule has 19 heavy (non-hydrogen) atoms. The lowest BCUT2D eigenvalue weighted by molar-refractivity contribution is 0.376. The van der Waals surface area contributed by atoms with Gasteiger partial charge in [0.15, 0.2) is 11.8 Å². The van der Waals surface area contributed by atoms with Crippen molar-refractivity contribution in [3.63, 3.8) is 0 Å². The molecule has 2 N–H and O–H groups in total. The van der Waals surface area contributed by atoms with Crippen molar-refractivity contribution in [3.05, 3.63) is 35.4 Å². The van der Waals surface area contributed by atoms with Gasteiger partial charge in [-0.1, -0.05) is 37.5 Å². The van der Waals surface area contributed by atoms with Gasteiger partial charge >= 0.3 is 0 Å². The van der Waals surface area contributed by atoms with Crippen LogP contribution < -0.4 is 0 Å². The maximum absolute atomic E-state index is 10.2. The van der Waals surface area contributed by atoms with Crippen molar-refractivity contribution in [1.29, 1.82) is 0 Å². The normalized spacial score (nSPS) is 14.1. The maximum Gasteiger partial charge on any atom is 0.198 e. The number of hydrogen-bond donors (Lipinski definition) is 2. The third-order valence-electron chi connectivity index (χ3n) is 3.83. The molecule has 0 atom stereocenters. The quantitative estimate of drug-likeness (QED) is 0.606. The van der Waals surface area contributed by atoms with Gasteiger partial charge in [0.2, 0.25) is 0 Å². The standard InChI is InChI=1S/C16H23NO2/c1-3-5-6-7-12-8-9-13-14(11-12)16(19)17(10-4-2)15(13)18/h4,8,18-19H,2-3,5-7,9-11H2,1H3. The molecule has 2 rings (SSSR count). The summed E-state index contributed by atoms with van der Waals surface area (Å²) in [5.41, 5.74) is 3.15. The average Bonchev–Trinajstić information content (AvgIpc) is 2.65. The molecule has 104 valence electrons. The third kappa shape index (κ3) is 2.70. The smallest absolute Gasteiger partial charge is 0.198 e. The molecule has 3 heteroatoms. The first-order valence-electron chi connectivity index (χ1n) is 7.10. The summed E-state index contributed by atoms with van der Waals surface area (Å²) in [5, 5.41) is 20.3. The van der Waals surface area contributed by atoms with E-state index in [0.717, 1.165) is 30.4 Å². The van der Waals surface area contributed by atoms with Crippen LogP contribution in [0.3, 0.4) is 0 Å². The van der Waals surface area contributed by atoms with Gasteiger partial charge in [0.25, 0.3) is 0 Å². The van der Waals surface area contributed by atoms with E-state index in [4.69, 9.17) is 0 Å². The minimum Gasteiger partial charge on any atom is -0.494 e. The maximum atomic E-state index is 10.2. The van der Waals surface area contributed by atoms with Crippen molar-refractivity contribution in [2.75, 3.05) is 0 Å². The average molecular weight is 261 g/mol. The highest BCUT2D eigenvalue weighted by atomic mass is 16.3. The zero-order valence-electron chi connectivity index (χ0n) is 11.7. The van der Waals surface area contributed by atoms with Gasteiger partial charge in [0.1, 0.15) is 0 Å². The Labute approximate surface area is 114 Å². The summed E-state index contributed by atoms with van der Waals surface area (Å²) in [6.07, 6.45) is 10.1. The van der Waals surface area contributed by atoms with Gasteiger partial charge in [-0.05, 0) is 25.7 Å². The van der Waals surface area contributed by atoms with Gasteiger partial charge in [0, 0.05) is 17.7 Å². The van der Waals surface area contributed by atoms with Crippen LogP contribution in [0.5, 0.6) is 11.8 Å². The van der Waals surface area contributed by atoms with E-state index in [1.54, 1.807) is 6.08 Å². The predicted octanol–water partition coefficient (Wildman–Crippen LogP) is 3.69. The molecule has 0 amide bonds. The van der Waals surface area contributed by atoms with Crippen molar-refractivity contribution in [2.45, 2.75) is 52.0 Å². The van der Waals surface area contributed by atoms with Crippen molar-refractivity contribution < 1.29 is 10.2 Å². The molecule has 0 saturated heterocycles.